The van der Waals surface area contributed by atoms with Crippen LogP contribution in [0.1, 0.15) is 12.2 Å². The van der Waals surface area contributed by atoms with E-state index >= 15 is 0 Å². The molecule has 0 saturated heterocycles. The zero-order valence-corrected chi connectivity index (χ0v) is 11.7. The molecule has 19 heavy (non-hydrogen) atoms. The first-order chi connectivity index (χ1) is 9.04. The Kier molecular flexibility index (Phi) is 4.37. The quantitative estimate of drug-likeness (QED) is 0.788. The molecule has 0 saturated carbocycles. The number of rotatable bonds is 5. The summed E-state index contributed by atoms with van der Waals surface area (Å²) in [7, 11) is 3.93. The first-order valence-corrected chi connectivity index (χ1v) is 6.62. The molecule has 2 rings (SSSR count). The third kappa shape index (κ3) is 2.87. The molecule has 0 aliphatic carbocycles. The molecule has 0 aliphatic rings. The van der Waals surface area contributed by atoms with E-state index in [1.165, 1.54) is 6.07 Å². The van der Waals surface area contributed by atoms with E-state index in [4.69, 9.17) is 11.6 Å². The number of aromatic nitrogens is 2. The minimum Gasteiger partial charge on any atom is -0.324 e. The van der Waals surface area contributed by atoms with Crippen molar-refractivity contribution in [2.45, 2.75) is 18.8 Å². The van der Waals surface area contributed by atoms with Gasteiger partial charge in [-0.3, -0.25) is 0 Å². The van der Waals surface area contributed by atoms with Gasteiger partial charge in [0.2, 0.25) is 0 Å². The Hall–Kier alpha value is -1.20. The van der Waals surface area contributed by atoms with Gasteiger partial charge in [0.15, 0.2) is 11.6 Å². The van der Waals surface area contributed by atoms with Crippen LogP contribution in [-0.2, 0) is 12.4 Å². The van der Waals surface area contributed by atoms with Crippen LogP contribution in [0.3, 0.4) is 0 Å². The lowest BCUT2D eigenvalue weighted by Crippen LogP contribution is -2.16. The van der Waals surface area contributed by atoms with E-state index in [2.05, 4.69) is 4.98 Å². The van der Waals surface area contributed by atoms with Crippen molar-refractivity contribution >= 4 is 22.6 Å². The van der Waals surface area contributed by atoms with E-state index in [0.717, 1.165) is 19.0 Å². The number of hydrogen-bond donors (Lipinski definition) is 0. The Labute approximate surface area is 115 Å². The lowest BCUT2D eigenvalue weighted by molar-refractivity contribution is 0.386. The van der Waals surface area contributed by atoms with Crippen LogP contribution in [-0.4, -0.2) is 35.1 Å². The monoisotopic (exact) mass is 287 g/mol. The molecule has 0 radical (unpaired) electrons. The average Bonchev–Trinajstić information content (AvgIpc) is 2.72. The minimum absolute atomic E-state index is 0.178. The van der Waals surface area contributed by atoms with Gasteiger partial charge in [0, 0.05) is 6.54 Å². The van der Waals surface area contributed by atoms with E-state index in [1.807, 2.05) is 19.0 Å². The summed E-state index contributed by atoms with van der Waals surface area (Å²) < 4.78 is 28.9. The molecule has 0 fully saturated rings. The first-order valence-electron chi connectivity index (χ1n) is 6.08. The molecule has 0 atom stereocenters. The number of benzene rings is 1. The summed E-state index contributed by atoms with van der Waals surface area (Å²) in [5.74, 6) is -0.967. The molecular weight excluding hydrogens is 272 g/mol. The van der Waals surface area contributed by atoms with Gasteiger partial charge >= 0.3 is 0 Å². The van der Waals surface area contributed by atoms with Crippen molar-refractivity contribution in [3.63, 3.8) is 0 Å². The summed E-state index contributed by atoms with van der Waals surface area (Å²) >= 11 is 5.83. The van der Waals surface area contributed by atoms with Crippen LogP contribution in [0.25, 0.3) is 11.0 Å². The highest BCUT2D eigenvalue weighted by Gasteiger charge is 2.16. The van der Waals surface area contributed by atoms with Gasteiger partial charge in [0.05, 0.1) is 11.4 Å². The summed E-state index contributed by atoms with van der Waals surface area (Å²) in [6.07, 6.45) is 0.818. The van der Waals surface area contributed by atoms with Crippen LogP contribution in [0.4, 0.5) is 8.78 Å². The average molecular weight is 288 g/mol. The molecule has 1 heterocycles. The normalized spacial score (nSPS) is 11.7. The Morgan fingerprint density at radius 1 is 1.32 bits per heavy atom. The van der Waals surface area contributed by atoms with E-state index in [9.17, 15) is 8.78 Å². The van der Waals surface area contributed by atoms with E-state index in [-0.39, 0.29) is 11.4 Å². The number of hydrogen-bond acceptors (Lipinski definition) is 2. The van der Waals surface area contributed by atoms with Crippen LogP contribution in [0.15, 0.2) is 12.1 Å². The van der Waals surface area contributed by atoms with Crippen LogP contribution in [0.5, 0.6) is 0 Å². The predicted octanol–water partition coefficient (Wildman–Crippen LogP) is 3.01. The Morgan fingerprint density at radius 2 is 2.05 bits per heavy atom. The lowest BCUT2D eigenvalue weighted by Gasteiger charge is -2.12. The second-order valence-electron chi connectivity index (χ2n) is 4.70. The van der Waals surface area contributed by atoms with Crippen molar-refractivity contribution < 1.29 is 8.78 Å². The van der Waals surface area contributed by atoms with Crippen molar-refractivity contribution in [1.82, 2.24) is 14.5 Å². The maximum atomic E-state index is 13.9. The second kappa shape index (κ2) is 5.84. The van der Waals surface area contributed by atoms with Gasteiger partial charge < -0.3 is 9.47 Å². The molecule has 1 aromatic heterocycles. The third-order valence-electron chi connectivity index (χ3n) is 2.99. The number of halogens is 3. The highest BCUT2D eigenvalue weighted by Crippen LogP contribution is 2.23. The minimum atomic E-state index is -0.859. The molecule has 1 aromatic carbocycles. The highest BCUT2D eigenvalue weighted by molar-refractivity contribution is 6.16. The summed E-state index contributed by atoms with van der Waals surface area (Å²) in [4.78, 5) is 6.28. The molecule has 0 bridgehead atoms. The SMILES string of the molecule is CN(C)CCCn1c(CCl)nc2ccc(F)c(F)c21. The summed E-state index contributed by atoms with van der Waals surface area (Å²) in [6.45, 7) is 1.43. The fourth-order valence-electron chi connectivity index (χ4n) is 2.09. The molecule has 0 unspecified atom stereocenters. The maximum absolute atomic E-state index is 13.9. The predicted molar refractivity (Wildman–Crippen MR) is 72.4 cm³/mol. The zero-order chi connectivity index (χ0) is 14.0. The molecule has 0 spiro atoms. The number of fused-ring (bicyclic) bond motifs is 1. The van der Waals surface area contributed by atoms with E-state index in [0.29, 0.717) is 17.9 Å². The molecule has 0 aliphatic heterocycles. The van der Waals surface area contributed by atoms with Crippen molar-refractivity contribution in [3.05, 3.63) is 29.6 Å². The molecule has 2 aromatic rings. The highest BCUT2D eigenvalue weighted by atomic mass is 35.5. The van der Waals surface area contributed by atoms with E-state index < -0.39 is 11.6 Å². The number of aryl methyl sites for hydroxylation is 1. The van der Waals surface area contributed by atoms with Crippen LogP contribution >= 0.6 is 11.6 Å². The fourth-order valence-corrected chi connectivity index (χ4v) is 2.30. The smallest absolute Gasteiger partial charge is 0.184 e. The van der Waals surface area contributed by atoms with Gasteiger partial charge in [0.25, 0.3) is 0 Å². The second-order valence-corrected chi connectivity index (χ2v) is 4.97. The van der Waals surface area contributed by atoms with Gasteiger partial charge in [-0.1, -0.05) is 0 Å². The van der Waals surface area contributed by atoms with E-state index in [1.54, 1.807) is 4.57 Å². The number of alkyl halides is 1. The standard InChI is InChI=1S/C13H16ClF2N3/c1-18(2)6-3-7-19-11(8-14)17-10-5-4-9(15)12(16)13(10)19/h4-5H,3,6-8H2,1-2H3. The van der Waals surface area contributed by atoms with Gasteiger partial charge in [-0.05, 0) is 39.2 Å². The zero-order valence-electron chi connectivity index (χ0n) is 11.0. The van der Waals surface area contributed by atoms with Gasteiger partial charge in [-0.2, -0.15) is 0 Å². The van der Waals surface area contributed by atoms with Crippen molar-refractivity contribution in [2.75, 3.05) is 20.6 Å². The van der Waals surface area contributed by atoms with Crippen molar-refractivity contribution in [1.29, 1.82) is 0 Å². The summed E-state index contributed by atoms with van der Waals surface area (Å²) in [5.41, 5.74) is 0.647. The first kappa shape index (κ1) is 14.2. The Morgan fingerprint density at radius 3 is 2.68 bits per heavy atom. The largest absolute Gasteiger partial charge is 0.324 e. The van der Waals surface area contributed by atoms with Gasteiger partial charge in [-0.15, -0.1) is 11.6 Å². The summed E-state index contributed by atoms with van der Waals surface area (Å²) in [6, 6.07) is 2.57. The topological polar surface area (TPSA) is 21.1 Å². The maximum Gasteiger partial charge on any atom is 0.184 e. The molecule has 3 nitrogen and oxygen atoms in total. The van der Waals surface area contributed by atoms with Crippen LogP contribution in [0, 0.1) is 11.6 Å². The third-order valence-corrected chi connectivity index (χ3v) is 3.22. The summed E-state index contributed by atoms with van der Waals surface area (Å²) in [5, 5.41) is 0. The fraction of sp³-hybridized carbons (Fsp3) is 0.462. The Bertz CT molecular complexity index is 581. The van der Waals surface area contributed by atoms with Crippen LogP contribution < -0.4 is 0 Å². The lowest BCUT2D eigenvalue weighted by atomic mass is 10.3. The molecule has 104 valence electrons. The van der Waals surface area contributed by atoms with Crippen molar-refractivity contribution in [2.24, 2.45) is 0 Å². The van der Waals surface area contributed by atoms with Gasteiger partial charge in [-0.25, -0.2) is 13.8 Å². The molecular formula is C13H16ClF2N3. The number of imidazole rings is 1. The molecule has 0 amide bonds. The molecule has 6 heteroatoms. The Balaban J connectivity index is 2.41. The van der Waals surface area contributed by atoms with Gasteiger partial charge in [0.1, 0.15) is 11.3 Å². The molecule has 0 N–H and O–H groups in total. The number of nitrogens with zero attached hydrogens (tertiary/aromatic N) is 3. The van der Waals surface area contributed by atoms with Crippen molar-refractivity contribution in [3.8, 4) is 0 Å². The van der Waals surface area contributed by atoms with Crippen LogP contribution in [0.2, 0.25) is 0 Å².